The van der Waals surface area contributed by atoms with E-state index in [2.05, 4.69) is 0 Å². The maximum absolute atomic E-state index is 8.49. The van der Waals surface area contributed by atoms with Crippen LogP contribution in [-0.2, 0) is 0 Å². The molecule has 0 saturated carbocycles. The molecule has 0 aliphatic carbocycles. The third-order valence-electron chi connectivity index (χ3n) is 0. The van der Waals surface area contributed by atoms with Gasteiger partial charge in [0, 0.05) is 0 Å². The molecular formula is CH11ClN2O5. The van der Waals surface area contributed by atoms with Crippen LogP contribution in [0.3, 0.4) is 0 Å². The van der Waals surface area contributed by atoms with Crippen molar-refractivity contribution in [1.82, 2.24) is 12.3 Å². The SMILES string of the molecule is C[O-].[NH4+].[NH4+].[O-][Cl+3]([O-])([O-])[O-]. The van der Waals surface area contributed by atoms with Gasteiger partial charge in [-0.15, -0.1) is 10.2 Å². The Hall–Kier alpha value is 0.01000. The summed E-state index contributed by atoms with van der Waals surface area (Å²) in [6.07, 6.45) is 0. The summed E-state index contributed by atoms with van der Waals surface area (Å²) >= 11 is 0. The molecule has 0 aromatic rings. The number of halogens is 1. The van der Waals surface area contributed by atoms with E-state index < -0.39 is 10.2 Å². The van der Waals surface area contributed by atoms with Crippen molar-refractivity contribution in [1.29, 1.82) is 0 Å². The lowest BCUT2D eigenvalue weighted by Gasteiger charge is -2.17. The number of hydrogen-bond donors (Lipinski definition) is 2. The minimum absolute atomic E-state index is 0. The minimum atomic E-state index is -4.94. The van der Waals surface area contributed by atoms with Crippen molar-refractivity contribution < 1.29 is 34.0 Å². The molecule has 0 aromatic heterocycles. The van der Waals surface area contributed by atoms with Crippen LogP contribution in [0.2, 0.25) is 0 Å². The van der Waals surface area contributed by atoms with Gasteiger partial charge in [-0.3, -0.25) is 0 Å². The summed E-state index contributed by atoms with van der Waals surface area (Å²) in [5.41, 5.74) is 0. The molecule has 0 bridgehead atoms. The molecule has 0 aromatic carbocycles. The molecule has 9 heavy (non-hydrogen) atoms. The summed E-state index contributed by atoms with van der Waals surface area (Å²) in [5.74, 6) is 0. The second-order valence-corrected chi connectivity index (χ2v) is 1.13. The van der Waals surface area contributed by atoms with Gasteiger partial charge in [-0.05, 0) is 0 Å². The quantitative estimate of drug-likeness (QED) is 0.363. The predicted molar refractivity (Wildman–Crippen MR) is 17.9 cm³/mol. The van der Waals surface area contributed by atoms with Gasteiger partial charge in [0.1, 0.15) is 0 Å². The molecule has 0 fully saturated rings. The first kappa shape index (κ1) is 23.0. The average molecular weight is 167 g/mol. The lowest BCUT2D eigenvalue weighted by Crippen LogP contribution is -2.68. The van der Waals surface area contributed by atoms with Crippen LogP contribution < -0.4 is 36.0 Å². The van der Waals surface area contributed by atoms with Gasteiger partial charge >= 0.3 is 0 Å². The van der Waals surface area contributed by atoms with Crippen LogP contribution in [0.25, 0.3) is 0 Å². The second-order valence-electron chi connectivity index (χ2n) is 0.378. The van der Waals surface area contributed by atoms with Crippen molar-refractivity contribution in [3.63, 3.8) is 0 Å². The standard InChI is InChI=1S/CH3O.ClHO4.2H3N/c1-2;2-1(3,4)5;;/h1H3;(H,2,3,4,5);2*1H3/q-1;;;/p+1. The monoisotopic (exact) mass is 166 g/mol. The fourth-order valence-corrected chi connectivity index (χ4v) is 0. The van der Waals surface area contributed by atoms with Crippen LogP contribution in [-0.4, -0.2) is 7.11 Å². The molecule has 7 nitrogen and oxygen atoms in total. The summed E-state index contributed by atoms with van der Waals surface area (Å²) in [4.78, 5) is 0. The van der Waals surface area contributed by atoms with Gasteiger partial charge in [0.2, 0.25) is 0 Å². The van der Waals surface area contributed by atoms with Gasteiger partial charge in [-0.2, -0.15) is 7.11 Å². The fourth-order valence-electron chi connectivity index (χ4n) is 0. The molecule has 0 atom stereocenters. The summed E-state index contributed by atoms with van der Waals surface area (Å²) in [5, 5.41) is 8.25. The van der Waals surface area contributed by atoms with Crippen LogP contribution in [0.4, 0.5) is 0 Å². The highest BCUT2D eigenvalue weighted by atomic mass is 35.7. The summed E-state index contributed by atoms with van der Waals surface area (Å²) < 4.78 is 34.0. The van der Waals surface area contributed by atoms with Crippen LogP contribution in [0.15, 0.2) is 0 Å². The Bertz CT molecular complexity index is 30.4. The topological polar surface area (TPSA) is 188 Å². The van der Waals surface area contributed by atoms with Crippen molar-refractivity contribution in [2.75, 3.05) is 7.11 Å². The van der Waals surface area contributed by atoms with Crippen LogP contribution in [0.1, 0.15) is 0 Å². The summed E-state index contributed by atoms with van der Waals surface area (Å²) in [7, 11) is -4.19. The molecule has 0 radical (unpaired) electrons. The van der Waals surface area contributed by atoms with E-state index in [4.69, 9.17) is 23.7 Å². The van der Waals surface area contributed by atoms with E-state index in [1.807, 2.05) is 0 Å². The molecule has 0 aliphatic rings. The predicted octanol–water partition coefficient (Wildman–Crippen LogP) is -5.03. The van der Waals surface area contributed by atoms with Crippen LogP contribution >= 0.6 is 0 Å². The van der Waals surface area contributed by atoms with Crippen LogP contribution in [0, 0.1) is 10.2 Å². The summed E-state index contributed by atoms with van der Waals surface area (Å²) in [6.45, 7) is 0. The Morgan fingerprint density at radius 2 is 0.778 bits per heavy atom. The smallest absolute Gasteiger partial charge is 0.112 e. The van der Waals surface area contributed by atoms with E-state index in [1.165, 1.54) is 0 Å². The van der Waals surface area contributed by atoms with Crippen LogP contribution in [0.5, 0.6) is 0 Å². The number of rotatable bonds is 0. The highest BCUT2D eigenvalue weighted by Crippen LogP contribution is 1.49. The zero-order chi connectivity index (χ0) is 6.50. The van der Waals surface area contributed by atoms with Crippen molar-refractivity contribution in [3.05, 3.63) is 0 Å². The maximum Gasteiger partial charge on any atom is -0.112 e. The molecule has 8 heteroatoms. The Kier molecular flexibility index (Phi) is 27.9. The Morgan fingerprint density at radius 3 is 0.778 bits per heavy atom. The third-order valence-corrected chi connectivity index (χ3v) is 0. The minimum Gasteiger partial charge on any atom is -0.857 e. The average Bonchev–Trinajstić information content (AvgIpc) is 1.36. The van der Waals surface area contributed by atoms with Gasteiger partial charge in [-0.1, -0.05) is 0 Å². The van der Waals surface area contributed by atoms with Gasteiger partial charge < -0.3 is 17.4 Å². The highest BCUT2D eigenvalue weighted by Gasteiger charge is 1.84. The normalized spacial score (nSPS) is 7.33. The van der Waals surface area contributed by atoms with Gasteiger partial charge in [0.05, 0.1) is 0 Å². The maximum atomic E-state index is 8.49. The molecule has 0 amide bonds. The molecular weight excluding hydrogens is 155 g/mol. The lowest BCUT2D eigenvalue weighted by atomic mass is 11.8. The van der Waals surface area contributed by atoms with E-state index in [0.29, 0.717) is 0 Å². The molecule has 0 unspecified atom stereocenters. The van der Waals surface area contributed by atoms with E-state index in [-0.39, 0.29) is 12.3 Å². The molecule has 8 N–H and O–H groups in total. The first-order valence-corrected chi connectivity index (χ1v) is 2.26. The van der Waals surface area contributed by atoms with E-state index in [0.717, 1.165) is 7.11 Å². The second kappa shape index (κ2) is 10.9. The Morgan fingerprint density at radius 1 is 0.778 bits per heavy atom. The number of hydrogen-bond acceptors (Lipinski definition) is 5. The summed E-state index contributed by atoms with van der Waals surface area (Å²) in [6, 6.07) is 0. The molecule has 0 saturated heterocycles. The highest BCUT2D eigenvalue weighted by molar-refractivity contribution is 3.08. The van der Waals surface area contributed by atoms with E-state index >= 15 is 0 Å². The van der Waals surface area contributed by atoms with Gasteiger partial charge in [-0.25, -0.2) is 18.6 Å². The molecule has 0 heterocycles. The molecule has 0 aliphatic heterocycles. The fraction of sp³-hybridized carbons (Fsp3) is 1.00. The number of quaternary nitrogens is 2. The van der Waals surface area contributed by atoms with Gasteiger partial charge in [0.15, 0.2) is 0 Å². The van der Waals surface area contributed by atoms with Crippen molar-refractivity contribution in [2.45, 2.75) is 0 Å². The third kappa shape index (κ3) is 2890000. The zero-order valence-corrected chi connectivity index (χ0v) is 6.18. The van der Waals surface area contributed by atoms with E-state index in [9.17, 15) is 0 Å². The lowest BCUT2D eigenvalue weighted by molar-refractivity contribution is -2.00. The molecule has 0 rings (SSSR count). The Balaban J connectivity index is -0.0000000286. The van der Waals surface area contributed by atoms with Crippen molar-refractivity contribution >= 4 is 0 Å². The molecule has 62 valence electrons. The largest absolute Gasteiger partial charge is 0.857 e. The molecule has 0 spiro atoms. The van der Waals surface area contributed by atoms with Crippen molar-refractivity contribution in [2.24, 2.45) is 0 Å². The van der Waals surface area contributed by atoms with Gasteiger partial charge in [0.25, 0.3) is 0 Å². The first-order valence-electron chi connectivity index (χ1n) is 1.03. The van der Waals surface area contributed by atoms with E-state index in [1.54, 1.807) is 0 Å². The zero-order valence-electron chi connectivity index (χ0n) is 5.42. The first-order chi connectivity index (χ1) is 3.00. The van der Waals surface area contributed by atoms with Crippen molar-refractivity contribution in [3.8, 4) is 0 Å². The Labute approximate surface area is 54.4 Å².